The highest BCUT2D eigenvalue weighted by Gasteiger charge is 2.27. The first-order valence-corrected chi connectivity index (χ1v) is 9.54. The molecule has 0 amide bonds. The Balaban J connectivity index is 1.56. The quantitative estimate of drug-likeness (QED) is 0.639. The average Bonchev–Trinajstić information content (AvgIpc) is 2.91. The summed E-state index contributed by atoms with van der Waals surface area (Å²) in [5.74, 6) is 0.145. The third kappa shape index (κ3) is 3.58. The zero-order chi connectivity index (χ0) is 19.7. The van der Waals surface area contributed by atoms with E-state index in [9.17, 15) is 13.2 Å². The van der Waals surface area contributed by atoms with Crippen LogP contribution in [-0.2, 0) is 0 Å². The van der Waals surface area contributed by atoms with Crippen LogP contribution < -0.4 is 4.90 Å². The second kappa shape index (κ2) is 7.83. The van der Waals surface area contributed by atoms with Gasteiger partial charge in [-0.25, -0.2) is 9.37 Å². The van der Waals surface area contributed by atoms with Crippen LogP contribution in [0.4, 0.5) is 18.9 Å². The number of benzene rings is 2. The highest BCUT2D eigenvalue weighted by Crippen LogP contribution is 2.30. The minimum Gasteiger partial charge on any atom is -0.370 e. The van der Waals surface area contributed by atoms with Crippen LogP contribution >= 0.6 is 0 Å². The van der Waals surface area contributed by atoms with Crippen LogP contribution in [0.3, 0.4) is 0 Å². The molecule has 1 atom stereocenters. The summed E-state index contributed by atoms with van der Waals surface area (Å²) in [5, 5.41) is 0. The van der Waals surface area contributed by atoms with E-state index >= 15 is 0 Å². The number of alkyl halides is 2. The van der Waals surface area contributed by atoms with Gasteiger partial charge < -0.3 is 4.90 Å². The van der Waals surface area contributed by atoms with Gasteiger partial charge in [-0.05, 0) is 49.7 Å². The minimum absolute atomic E-state index is 0.227. The van der Waals surface area contributed by atoms with E-state index in [-0.39, 0.29) is 11.9 Å². The number of aromatic nitrogens is 2. The molecule has 0 N–H and O–H groups in total. The zero-order valence-electron chi connectivity index (χ0n) is 15.7. The predicted molar refractivity (Wildman–Crippen MR) is 104 cm³/mol. The molecule has 1 aliphatic heterocycles. The number of hydrogen-bond acceptors (Lipinski definition) is 3. The van der Waals surface area contributed by atoms with Crippen molar-refractivity contribution < 1.29 is 13.2 Å². The Morgan fingerprint density at radius 1 is 0.929 bits per heavy atom. The summed E-state index contributed by atoms with van der Waals surface area (Å²) in [5.41, 5.74) is 2.03. The van der Waals surface area contributed by atoms with E-state index < -0.39 is 6.55 Å². The first-order valence-electron chi connectivity index (χ1n) is 9.54. The lowest BCUT2D eigenvalue weighted by Crippen LogP contribution is -2.33. The molecule has 1 unspecified atom stereocenters. The minimum atomic E-state index is -2.63. The highest BCUT2D eigenvalue weighted by molar-refractivity contribution is 5.76. The monoisotopic (exact) mass is 388 g/mol. The number of rotatable bonds is 4. The second-order valence-electron chi connectivity index (χ2n) is 7.14. The summed E-state index contributed by atoms with van der Waals surface area (Å²) >= 11 is 0. The molecule has 148 valence electrons. The fourth-order valence-corrected chi connectivity index (χ4v) is 3.96. The van der Waals surface area contributed by atoms with Crippen molar-refractivity contribution in [1.82, 2.24) is 14.5 Å². The maximum absolute atomic E-state index is 13.8. The molecule has 0 saturated carbocycles. The van der Waals surface area contributed by atoms with Crippen molar-refractivity contribution in [2.24, 2.45) is 0 Å². The Bertz CT molecular complexity index is 938. The lowest BCUT2D eigenvalue weighted by Gasteiger charge is -2.28. The van der Waals surface area contributed by atoms with E-state index in [0.717, 1.165) is 42.9 Å². The van der Waals surface area contributed by atoms with Crippen molar-refractivity contribution in [2.75, 3.05) is 31.1 Å². The van der Waals surface area contributed by atoms with Crippen LogP contribution in [0, 0.1) is 5.82 Å². The molecule has 1 saturated heterocycles. The third-order valence-electron chi connectivity index (χ3n) is 5.46. The maximum Gasteiger partial charge on any atom is 0.320 e. The van der Waals surface area contributed by atoms with Crippen molar-refractivity contribution in [3.05, 3.63) is 60.2 Å². The number of fused-ring (bicyclic) bond motifs is 1. The van der Waals surface area contributed by atoms with Gasteiger partial charge in [-0.15, -0.1) is 0 Å². The average molecular weight is 388 g/mol. The summed E-state index contributed by atoms with van der Waals surface area (Å²) in [7, 11) is 0. The van der Waals surface area contributed by atoms with E-state index in [0.29, 0.717) is 16.9 Å². The van der Waals surface area contributed by atoms with Crippen LogP contribution in [-0.4, -0.2) is 40.6 Å². The number of anilines is 1. The lowest BCUT2D eigenvalue weighted by molar-refractivity contribution is 0.0650. The smallest absolute Gasteiger partial charge is 0.320 e. The molecule has 2 aromatic carbocycles. The molecule has 7 heteroatoms. The molecule has 0 radical (unpaired) electrons. The molecule has 3 aromatic rings. The Kier molecular flexibility index (Phi) is 5.26. The van der Waals surface area contributed by atoms with Gasteiger partial charge in [0.2, 0.25) is 0 Å². The van der Waals surface area contributed by atoms with Crippen molar-refractivity contribution in [2.45, 2.75) is 25.9 Å². The van der Waals surface area contributed by atoms with E-state index in [1.165, 1.54) is 12.1 Å². The normalized spacial score (nSPS) is 17.2. The van der Waals surface area contributed by atoms with Gasteiger partial charge in [0.15, 0.2) is 0 Å². The van der Waals surface area contributed by atoms with Crippen LogP contribution in [0.1, 0.15) is 31.8 Å². The summed E-state index contributed by atoms with van der Waals surface area (Å²) < 4.78 is 41.8. The Morgan fingerprint density at radius 2 is 1.68 bits per heavy atom. The Labute approximate surface area is 162 Å². The molecule has 0 bridgehead atoms. The lowest BCUT2D eigenvalue weighted by atomic mass is 10.2. The molecule has 0 spiro atoms. The SMILES string of the molecule is CC(c1nc2ccccc2n1C(F)F)N1CCCN(c2ccc(F)cc2)CC1. The molecule has 0 aliphatic carbocycles. The highest BCUT2D eigenvalue weighted by atomic mass is 19.3. The molecular formula is C21H23F3N4. The number of imidazole rings is 1. The van der Waals surface area contributed by atoms with Gasteiger partial charge in [-0.3, -0.25) is 9.47 Å². The Hall–Kier alpha value is -2.54. The van der Waals surface area contributed by atoms with Gasteiger partial charge in [-0.1, -0.05) is 12.1 Å². The summed E-state index contributed by atoms with van der Waals surface area (Å²) in [4.78, 5) is 8.92. The van der Waals surface area contributed by atoms with Gasteiger partial charge in [0.05, 0.1) is 17.1 Å². The second-order valence-corrected chi connectivity index (χ2v) is 7.14. The largest absolute Gasteiger partial charge is 0.370 e. The summed E-state index contributed by atoms with van der Waals surface area (Å²) in [6.07, 6.45) is 0.899. The number of nitrogens with zero attached hydrogens (tertiary/aromatic N) is 4. The molecule has 1 fully saturated rings. The third-order valence-corrected chi connectivity index (χ3v) is 5.46. The topological polar surface area (TPSA) is 24.3 Å². The van der Waals surface area contributed by atoms with Crippen molar-refractivity contribution in [3.8, 4) is 0 Å². The van der Waals surface area contributed by atoms with Crippen LogP contribution in [0.15, 0.2) is 48.5 Å². The Morgan fingerprint density at radius 3 is 2.43 bits per heavy atom. The fourth-order valence-electron chi connectivity index (χ4n) is 3.96. The number of halogens is 3. The van der Waals surface area contributed by atoms with E-state index in [2.05, 4.69) is 14.8 Å². The van der Waals surface area contributed by atoms with Gasteiger partial charge in [0.25, 0.3) is 0 Å². The molecule has 28 heavy (non-hydrogen) atoms. The standard InChI is InChI=1S/C21H23F3N4/c1-15(20-25-18-5-2-3-6-19(18)28(20)21(23)24)26-11-4-12-27(14-13-26)17-9-7-16(22)8-10-17/h2-3,5-10,15,21H,4,11-14H2,1H3. The van der Waals surface area contributed by atoms with Crippen molar-refractivity contribution in [3.63, 3.8) is 0 Å². The fraction of sp³-hybridized carbons (Fsp3) is 0.381. The molecular weight excluding hydrogens is 365 g/mol. The van der Waals surface area contributed by atoms with Gasteiger partial charge in [0, 0.05) is 31.9 Å². The molecule has 2 heterocycles. The first kappa shape index (κ1) is 18.8. The van der Waals surface area contributed by atoms with Gasteiger partial charge in [0.1, 0.15) is 11.6 Å². The molecule has 1 aromatic heterocycles. The van der Waals surface area contributed by atoms with Crippen molar-refractivity contribution in [1.29, 1.82) is 0 Å². The van der Waals surface area contributed by atoms with Crippen LogP contribution in [0.5, 0.6) is 0 Å². The molecule has 1 aliphatic rings. The van der Waals surface area contributed by atoms with E-state index in [1.54, 1.807) is 30.3 Å². The molecule has 4 rings (SSSR count). The zero-order valence-corrected chi connectivity index (χ0v) is 15.7. The first-order chi connectivity index (χ1) is 13.5. The van der Waals surface area contributed by atoms with E-state index in [4.69, 9.17) is 0 Å². The van der Waals surface area contributed by atoms with E-state index in [1.807, 2.05) is 13.0 Å². The maximum atomic E-state index is 13.8. The van der Waals surface area contributed by atoms with Crippen molar-refractivity contribution >= 4 is 16.7 Å². The van der Waals surface area contributed by atoms with Gasteiger partial charge >= 0.3 is 6.55 Å². The van der Waals surface area contributed by atoms with Gasteiger partial charge in [-0.2, -0.15) is 8.78 Å². The number of hydrogen-bond donors (Lipinski definition) is 0. The molecule has 4 nitrogen and oxygen atoms in total. The van der Waals surface area contributed by atoms with Crippen LogP contribution in [0.25, 0.3) is 11.0 Å². The summed E-state index contributed by atoms with van der Waals surface area (Å²) in [6, 6.07) is 13.3. The summed E-state index contributed by atoms with van der Waals surface area (Å²) in [6.45, 7) is 2.43. The number of para-hydroxylation sites is 2. The predicted octanol–water partition coefficient (Wildman–Crippen LogP) is 4.84. The van der Waals surface area contributed by atoms with Crippen LogP contribution in [0.2, 0.25) is 0 Å².